The molecule has 1 aromatic rings. The molecule has 1 N–H and O–H groups in total. The van der Waals surface area contributed by atoms with Gasteiger partial charge in [-0.15, -0.1) is 0 Å². The number of nitrogens with zero attached hydrogens (tertiary/aromatic N) is 2. The van der Waals surface area contributed by atoms with Gasteiger partial charge in [0.15, 0.2) is 0 Å². The number of carboxylic acid groups (broad SMARTS) is 1. The highest BCUT2D eigenvalue weighted by molar-refractivity contribution is 5.69. The van der Waals surface area contributed by atoms with E-state index in [9.17, 15) is 4.79 Å². The Morgan fingerprint density at radius 3 is 2.88 bits per heavy atom. The number of aryl methyl sites for hydroxylation is 1. The van der Waals surface area contributed by atoms with Crippen molar-refractivity contribution < 1.29 is 14.5 Å². The van der Waals surface area contributed by atoms with Crippen molar-refractivity contribution in [3.05, 3.63) is 18.2 Å². The van der Waals surface area contributed by atoms with Crippen molar-refractivity contribution in [1.29, 1.82) is 0 Å². The molecule has 0 radical (unpaired) electrons. The molecule has 0 aromatic carbocycles. The molecule has 0 saturated carbocycles. The van der Waals surface area contributed by atoms with Crippen LogP contribution in [0.2, 0.25) is 0 Å². The standard InChI is InChI=1S/C12H20N2O2/c1-4-5-6-11-13(3)7-8-14(11)9-10(2)12(15)16/h7-8,10H,4-6,9H2,1-3H3/p+1. The minimum Gasteiger partial charge on any atom is -0.481 e. The van der Waals surface area contributed by atoms with Crippen LogP contribution in [0, 0.1) is 5.92 Å². The maximum atomic E-state index is 10.8. The molecule has 16 heavy (non-hydrogen) atoms. The van der Waals surface area contributed by atoms with E-state index in [1.165, 1.54) is 5.82 Å². The molecule has 0 aliphatic rings. The zero-order chi connectivity index (χ0) is 12.1. The Labute approximate surface area is 96.5 Å². The van der Waals surface area contributed by atoms with Gasteiger partial charge in [0, 0.05) is 6.42 Å². The van der Waals surface area contributed by atoms with Crippen LogP contribution in [0.4, 0.5) is 0 Å². The average Bonchev–Trinajstić information content (AvgIpc) is 2.57. The predicted molar refractivity (Wildman–Crippen MR) is 61.0 cm³/mol. The third-order valence-electron chi connectivity index (χ3n) is 2.85. The normalized spacial score (nSPS) is 12.7. The van der Waals surface area contributed by atoms with Crippen molar-refractivity contribution in [3.8, 4) is 0 Å². The van der Waals surface area contributed by atoms with Crippen LogP contribution in [0.15, 0.2) is 12.4 Å². The van der Waals surface area contributed by atoms with Crippen LogP contribution in [0.5, 0.6) is 0 Å². The zero-order valence-electron chi connectivity index (χ0n) is 10.3. The summed E-state index contributed by atoms with van der Waals surface area (Å²) in [7, 11) is 2.01. The lowest BCUT2D eigenvalue weighted by molar-refractivity contribution is -0.678. The molecule has 4 heteroatoms. The third-order valence-corrected chi connectivity index (χ3v) is 2.85. The molecule has 0 spiro atoms. The van der Waals surface area contributed by atoms with Gasteiger partial charge in [-0.1, -0.05) is 13.3 Å². The van der Waals surface area contributed by atoms with Crippen LogP contribution in [-0.2, 0) is 24.8 Å². The lowest BCUT2D eigenvalue weighted by Gasteiger charge is -2.05. The van der Waals surface area contributed by atoms with Gasteiger partial charge in [-0.3, -0.25) is 4.79 Å². The maximum absolute atomic E-state index is 10.8. The molecule has 0 aliphatic carbocycles. The minimum absolute atomic E-state index is 0.340. The monoisotopic (exact) mass is 225 g/mol. The van der Waals surface area contributed by atoms with Crippen LogP contribution in [0.25, 0.3) is 0 Å². The smallest absolute Gasteiger partial charge is 0.310 e. The average molecular weight is 225 g/mol. The topological polar surface area (TPSA) is 46.1 Å². The van der Waals surface area contributed by atoms with E-state index in [0.717, 1.165) is 19.3 Å². The number of rotatable bonds is 6. The molecule has 1 unspecified atom stereocenters. The van der Waals surface area contributed by atoms with Crippen LogP contribution in [0.1, 0.15) is 32.5 Å². The van der Waals surface area contributed by atoms with Gasteiger partial charge < -0.3 is 5.11 Å². The van der Waals surface area contributed by atoms with Crippen LogP contribution in [0.3, 0.4) is 0 Å². The van der Waals surface area contributed by atoms with Crippen molar-refractivity contribution >= 4 is 5.97 Å². The summed E-state index contributed by atoms with van der Waals surface area (Å²) in [5, 5.41) is 8.90. The predicted octanol–water partition coefficient (Wildman–Crippen LogP) is 1.38. The van der Waals surface area contributed by atoms with E-state index in [0.29, 0.717) is 6.54 Å². The molecular formula is C12H21N2O2+. The Kier molecular flexibility index (Phi) is 4.52. The van der Waals surface area contributed by atoms with Gasteiger partial charge in [0.1, 0.15) is 18.9 Å². The van der Waals surface area contributed by atoms with Gasteiger partial charge >= 0.3 is 5.97 Å². The van der Waals surface area contributed by atoms with Crippen LogP contribution >= 0.6 is 0 Å². The van der Waals surface area contributed by atoms with Crippen LogP contribution in [-0.4, -0.2) is 15.6 Å². The summed E-state index contributed by atoms with van der Waals surface area (Å²) >= 11 is 0. The Hall–Kier alpha value is -1.32. The van der Waals surface area contributed by atoms with E-state index in [1.807, 2.05) is 19.4 Å². The van der Waals surface area contributed by atoms with E-state index in [1.54, 1.807) is 6.92 Å². The Balaban J connectivity index is 2.75. The Morgan fingerprint density at radius 1 is 1.62 bits per heavy atom. The molecule has 90 valence electrons. The quantitative estimate of drug-likeness (QED) is 0.743. The second kappa shape index (κ2) is 5.68. The molecule has 0 fully saturated rings. The number of unbranched alkanes of at least 4 members (excludes halogenated alkanes) is 1. The Bertz CT molecular complexity index is 358. The van der Waals surface area contributed by atoms with E-state index in [4.69, 9.17) is 5.11 Å². The number of hydrogen-bond donors (Lipinski definition) is 1. The first-order chi connectivity index (χ1) is 7.56. The molecule has 0 bridgehead atoms. The van der Waals surface area contributed by atoms with Gasteiger partial charge in [-0.2, -0.15) is 0 Å². The van der Waals surface area contributed by atoms with Crippen molar-refractivity contribution in [2.75, 3.05) is 0 Å². The largest absolute Gasteiger partial charge is 0.481 e. The van der Waals surface area contributed by atoms with Gasteiger partial charge in [0.05, 0.1) is 13.0 Å². The summed E-state index contributed by atoms with van der Waals surface area (Å²) in [4.78, 5) is 10.8. The minimum atomic E-state index is -0.738. The molecule has 4 nitrogen and oxygen atoms in total. The molecule has 1 rings (SSSR count). The van der Waals surface area contributed by atoms with Crippen molar-refractivity contribution in [2.45, 2.75) is 39.7 Å². The third kappa shape index (κ3) is 3.08. The number of aromatic nitrogens is 2. The Morgan fingerprint density at radius 2 is 2.31 bits per heavy atom. The molecule has 1 atom stereocenters. The second-order valence-electron chi connectivity index (χ2n) is 4.32. The van der Waals surface area contributed by atoms with Gasteiger partial charge in [0.25, 0.3) is 5.82 Å². The number of carbonyl (C=O) groups is 1. The molecule has 0 saturated heterocycles. The number of imidazole rings is 1. The first kappa shape index (κ1) is 12.7. The van der Waals surface area contributed by atoms with E-state index in [2.05, 4.69) is 16.1 Å². The summed E-state index contributed by atoms with van der Waals surface area (Å²) in [5.74, 6) is 0.125. The first-order valence-electron chi connectivity index (χ1n) is 5.82. The maximum Gasteiger partial charge on any atom is 0.310 e. The van der Waals surface area contributed by atoms with Crippen molar-refractivity contribution in [1.82, 2.24) is 4.57 Å². The highest BCUT2D eigenvalue weighted by atomic mass is 16.4. The fraction of sp³-hybridized carbons (Fsp3) is 0.667. The van der Waals surface area contributed by atoms with Crippen molar-refractivity contribution in [3.63, 3.8) is 0 Å². The summed E-state index contributed by atoms with van der Waals surface area (Å²) in [5.41, 5.74) is 0. The summed E-state index contributed by atoms with van der Waals surface area (Å²) in [6.45, 7) is 4.45. The van der Waals surface area contributed by atoms with Gasteiger partial charge in [-0.25, -0.2) is 9.13 Å². The zero-order valence-corrected chi connectivity index (χ0v) is 10.3. The number of aliphatic carboxylic acids is 1. The SMILES string of the molecule is CCCCc1n(CC(C)C(=O)O)cc[n+]1C. The fourth-order valence-corrected chi connectivity index (χ4v) is 1.75. The van der Waals surface area contributed by atoms with E-state index < -0.39 is 5.97 Å². The number of carboxylic acids is 1. The molecule has 1 heterocycles. The van der Waals surface area contributed by atoms with E-state index >= 15 is 0 Å². The van der Waals surface area contributed by atoms with Crippen LogP contribution < -0.4 is 4.57 Å². The highest BCUT2D eigenvalue weighted by Crippen LogP contribution is 2.06. The summed E-state index contributed by atoms with van der Waals surface area (Å²) < 4.78 is 4.12. The van der Waals surface area contributed by atoms with Crippen molar-refractivity contribution in [2.24, 2.45) is 13.0 Å². The molecule has 0 amide bonds. The fourth-order valence-electron chi connectivity index (χ4n) is 1.75. The summed E-state index contributed by atoms with van der Waals surface area (Å²) in [6, 6.07) is 0. The molecule has 1 aromatic heterocycles. The first-order valence-corrected chi connectivity index (χ1v) is 5.82. The highest BCUT2D eigenvalue weighted by Gasteiger charge is 2.19. The van der Waals surface area contributed by atoms with Gasteiger partial charge in [-0.05, 0) is 13.3 Å². The second-order valence-corrected chi connectivity index (χ2v) is 4.32. The summed E-state index contributed by atoms with van der Waals surface area (Å²) in [6.07, 6.45) is 7.25. The lowest BCUT2D eigenvalue weighted by atomic mass is 10.2. The molecule has 0 aliphatic heterocycles. The van der Waals surface area contributed by atoms with E-state index in [-0.39, 0.29) is 5.92 Å². The molecular weight excluding hydrogens is 204 g/mol. The lowest BCUT2D eigenvalue weighted by Crippen LogP contribution is -2.33. The number of hydrogen-bond acceptors (Lipinski definition) is 1. The van der Waals surface area contributed by atoms with Gasteiger partial charge in [0.2, 0.25) is 0 Å².